The van der Waals surface area contributed by atoms with E-state index in [1.54, 1.807) is 19.5 Å². The molecule has 8 rings (SSSR count). The van der Waals surface area contributed by atoms with Gasteiger partial charge in [-0.2, -0.15) is 0 Å². The molecule has 65 heavy (non-hydrogen) atoms. The standard InChI is InChI=1S/C14H14N4O2S2.C13H12N4O2S2.C10H10BrN3OS.I3.I2.HI/c1-3-15-12(19)18-13-17-9-6-8(4-5-10(9)21-13)11-7-16-14(20-2)22-11;1-2-14-11(18)17-12-16-8-5-7(3-4-9(8)20-12)10-6-15-13(19)21-10;1-2-12-9(15)14-10-13-7-5-6(11)3-4-8(7)16-10;1-3-2;1-2;/h4-7H,3H2,1-2H3,(H2,15,17,18,19);3-6H,2H2,1H3,(H,15,19)(H2,14,16,17,18);3-5H,2H2,1H3,(H2,12,13,14,15);;;1H/q;;;-1;;. The molecule has 0 aliphatic heterocycles. The van der Waals surface area contributed by atoms with E-state index in [1.807, 2.05) is 75.4 Å². The van der Waals surface area contributed by atoms with Crippen molar-refractivity contribution in [2.75, 3.05) is 42.7 Å². The van der Waals surface area contributed by atoms with Crippen LogP contribution in [0.5, 0.6) is 5.19 Å². The van der Waals surface area contributed by atoms with Crippen LogP contribution in [0.25, 0.3) is 51.5 Å². The van der Waals surface area contributed by atoms with Crippen molar-refractivity contribution in [1.29, 1.82) is 0 Å². The van der Waals surface area contributed by atoms with Gasteiger partial charge in [0.05, 0.1) is 47.5 Å². The Hall–Kier alpha value is -1.14. The van der Waals surface area contributed by atoms with Crippen molar-refractivity contribution in [3.8, 4) is 26.1 Å². The molecule has 0 fully saturated rings. The third-order valence-electron chi connectivity index (χ3n) is 7.55. The summed E-state index contributed by atoms with van der Waals surface area (Å²) in [5.74, 6) is 0. The molecule has 0 spiro atoms. The normalized spacial score (nSPS) is 10.0. The van der Waals surface area contributed by atoms with Crippen molar-refractivity contribution in [3.63, 3.8) is 0 Å². The molecule has 7 N–H and O–H groups in total. The number of H-pyrrole nitrogens is 1. The van der Waals surface area contributed by atoms with Crippen LogP contribution >= 0.6 is 171 Å². The van der Waals surface area contributed by atoms with E-state index in [-0.39, 0.29) is 46.9 Å². The van der Waals surface area contributed by atoms with Gasteiger partial charge in [0, 0.05) is 73.7 Å². The molecule has 8 aromatic rings. The Balaban J connectivity index is 0.000000247. The van der Waals surface area contributed by atoms with E-state index in [4.69, 9.17) is 4.74 Å². The summed E-state index contributed by atoms with van der Waals surface area (Å²) in [6.45, 7) is 7.33. The van der Waals surface area contributed by atoms with Crippen molar-refractivity contribution in [3.05, 3.63) is 81.1 Å². The molecule has 16 nitrogen and oxygen atoms in total. The van der Waals surface area contributed by atoms with Crippen LogP contribution in [0, 0.1) is 0 Å². The summed E-state index contributed by atoms with van der Waals surface area (Å²) in [7, 11) is 1.60. The molecule has 28 heteroatoms. The third-order valence-corrected chi connectivity index (χ3v) is 12.8. The molecule has 0 aliphatic carbocycles. The second-order valence-electron chi connectivity index (χ2n) is 11.8. The number of aromatic nitrogens is 5. The second kappa shape index (κ2) is 31.2. The monoisotopic (exact) mass is 1720 g/mol. The van der Waals surface area contributed by atoms with E-state index in [0.29, 0.717) is 53.5 Å². The average Bonchev–Trinajstić information content (AvgIpc) is 4.12. The molecule has 0 radical (unpaired) electrons. The van der Waals surface area contributed by atoms with Gasteiger partial charge in [-0.3, -0.25) is 20.7 Å². The van der Waals surface area contributed by atoms with E-state index >= 15 is 0 Å². The first-order valence-corrected chi connectivity index (χ1v) is 41.9. The number of fused-ring (bicyclic) bond motifs is 3. The van der Waals surface area contributed by atoms with E-state index in [1.165, 1.54) is 45.3 Å². The number of halogens is 7. The topological polar surface area (TPSA) is 217 Å². The number of rotatable bonds is 9. The minimum atomic E-state index is -0.263. The van der Waals surface area contributed by atoms with Gasteiger partial charge in [-0.1, -0.05) is 84.7 Å². The Labute approximate surface area is 471 Å². The van der Waals surface area contributed by atoms with Gasteiger partial charge in [0.1, 0.15) is 0 Å². The van der Waals surface area contributed by atoms with Crippen LogP contribution in [0.1, 0.15) is 20.8 Å². The number of methoxy groups -OCH3 is 1. The molecule has 5 aromatic heterocycles. The minimum absolute atomic E-state index is 0. The first-order valence-electron chi connectivity index (χ1n) is 18.2. The number of nitrogens with one attached hydrogen (secondary N) is 7. The molecule has 3 aromatic carbocycles. The molecular weight excluding hydrogens is 1680 g/mol. The zero-order valence-corrected chi connectivity index (χ0v) is 52.8. The zero-order valence-electron chi connectivity index (χ0n) is 34.0. The summed E-state index contributed by atoms with van der Waals surface area (Å²) in [4.78, 5) is 67.3. The van der Waals surface area contributed by atoms with Gasteiger partial charge < -0.3 is 25.7 Å². The summed E-state index contributed by atoms with van der Waals surface area (Å²) < 4.78 is 9.15. The van der Waals surface area contributed by atoms with Crippen molar-refractivity contribution in [2.45, 2.75) is 20.8 Å². The van der Waals surface area contributed by atoms with E-state index in [0.717, 1.165) is 67.3 Å². The van der Waals surface area contributed by atoms with Gasteiger partial charge >= 0.3 is 73.5 Å². The number of benzene rings is 3. The van der Waals surface area contributed by atoms with Crippen molar-refractivity contribution >= 4 is 235 Å². The number of carbonyl (C=O) groups excluding carboxylic acids is 3. The van der Waals surface area contributed by atoms with Crippen LogP contribution in [-0.4, -0.2) is 69.8 Å². The molecule has 0 aliphatic rings. The molecule has 0 saturated heterocycles. The van der Waals surface area contributed by atoms with E-state index in [2.05, 4.69) is 147 Å². The number of carbonyl (C=O) groups is 3. The van der Waals surface area contributed by atoms with Gasteiger partial charge in [-0.15, -0.1) is 24.0 Å². The van der Waals surface area contributed by atoms with Crippen LogP contribution in [-0.2, 0) is 0 Å². The Bertz CT molecular complexity index is 2820. The Morgan fingerprint density at radius 2 is 1.09 bits per heavy atom. The number of ether oxygens (including phenoxy) is 1. The van der Waals surface area contributed by atoms with Crippen LogP contribution in [0.15, 0.2) is 76.3 Å². The third kappa shape index (κ3) is 18.9. The van der Waals surface area contributed by atoms with Crippen LogP contribution in [0.3, 0.4) is 0 Å². The Morgan fingerprint density at radius 3 is 1.48 bits per heavy atom. The first-order chi connectivity index (χ1) is 30.9. The maximum atomic E-state index is 11.5. The molecule has 0 atom stereocenters. The van der Waals surface area contributed by atoms with Crippen molar-refractivity contribution in [2.24, 2.45) is 0 Å². The number of urea groups is 3. The number of hydrogen-bond donors (Lipinski definition) is 7. The predicted molar refractivity (Wildman–Crippen MR) is 318 cm³/mol. The molecule has 350 valence electrons. The molecule has 0 unspecified atom stereocenters. The number of hydrogen-bond acceptors (Lipinski definition) is 14. The van der Waals surface area contributed by atoms with Gasteiger partial charge in [-0.05, 0) is 74.4 Å². The fraction of sp³-hybridized carbons (Fsp3) is 0.189. The van der Waals surface area contributed by atoms with Crippen molar-refractivity contribution < 1.29 is 32.4 Å². The molecule has 0 saturated carbocycles. The number of nitrogens with zero attached hydrogens (tertiary/aromatic N) is 4. The zero-order chi connectivity index (χ0) is 46.6. The van der Waals surface area contributed by atoms with Crippen LogP contribution in [0.4, 0.5) is 29.8 Å². The summed E-state index contributed by atoms with van der Waals surface area (Å²) in [5.41, 5.74) is 4.49. The summed E-state index contributed by atoms with van der Waals surface area (Å²) in [6, 6.07) is 16.9. The summed E-state index contributed by atoms with van der Waals surface area (Å²) in [5, 5.41) is 18.5. The molecule has 0 bridgehead atoms. The summed E-state index contributed by atoms with van der Waals surface area (Å²) in [6.07, 6.45) is 3.47. The second-order valence-corrected chi connectivity index (χ2v) is 34.0. The van der Waals surface area contributed by atoms with Gasteiger partial charge in [-0.25, -0.2) is 34.3 Å². The number of amides is 6. The number of anilines is 3. The van der Waals surface area contributed by atoms with Gasteiger partial charge in [0.25, 0.3) is 5.19 Å². The quantitative estimate of drug-likeness (QED) is 0.0683. The van der Waals surface area contributed by atoms with Crippen LogP contribution < -0.4 is 54.8 Å². The fourth-order valence-corrected chi connectivity index (χ4v) is 9.32. The van der Waals surface area contributed by atoms with E-state index < -0.39 is 0 Å². The van der Waals surface area contributed by atoms with Gasteiger partial charge in [0.15, 0.2) is 15.4 Å². The first kappa shape index (κ1) is 58.2. The summed E-state index contributed by atoms with van der Waals surface area (Å²) >= 11 is 19.9. The SMILES string of the molecule is CCNC(=O)Nc1nc2cc(-c3c[nH]c(=O)s3)ccc2s1.CCNC(=O)Nc1nc2cc(-c3cnc(OC)s3)ccc2s1.CCNC(=O)Nc1nc2cc(Br)ccc2s1.I.II.I[I-]I. The van der Waals surface area contributed by atoms with Crippen LogP contribution in [0.2, 0.25) is 0 Å². The number of thiazole rings is 5. The van der Waals surface area contributed by atoms with E-state index in [9.17, 15) is 19.2 Å². The predicted octanol–water partition coefficient (Wildman–Crippen LogP) is 10.8. The molecular formula is C37H37BrI6N11O5S5-. The Morgan fingerprint density at radius 1 is 0.677 bits per heavy atom. The average molecular weight is 1720 g/mol. The van der Waals surface area contributed by atoms with Gasteiger partial charge in [0.2, 0.25) is 0 Å². The fourth-order valence-electron chi connectivity index (χ4n) is 5.04. The molecule has 6 amide bonds. The number of aromatic amines is 1. The Kier molecular flexibility index (Phi) is 27.9. The molecule has 5 heterocycles. The van der Waals surface area contributed by atoms with Crippen molar-refractivity contribution in [1.82, 2.24) is 40.9 Å². The maximum absolute atomic E-state index is 11.5.